The van der Waals surface area contributed by atoms with Gasteiger partial charge in [-0.05, 0) is 40.5 Å². The molecule has 0 unspecified atom stereocenters. The van der Waals surface area contributed by atoms with E-state index in [4.69, 9.17) is 0 Å². The van der Waals surface area contributed by atoms with Gasteiger partial charge in [-0.1, -0.05) is 42.5 Å². The first-order chi connectivity index (χ1) is 12.6. The minimum absolute atomic E-state index is 0.0249. The molecule has 0 spiro atoms. The van der Waals surface area contributed by atoms with E-state index in [9.17, 15) is 14.9 Å². The second-order valence-electron chi connectivity index (χ2n) is 5.93. The molecule has 3 aromatic rings. The number of amides is 1. The van der Waals surface area contributed by atoms with E-state index < -0.39 is 4.92 Å². The van der Waals surface area contributed by atoms with E-state index in [2.05, 4.69) is 5.32 Å². The maximum Gasteiger partial charge on any atom is 0.270 e. The lowest BCUT2D eigenvalue weighted by atomic mass is 10.0. The Morgan fingerprint density at radius 3 is 2.23 bits per heavy atom. The molecule has 1 aliphatic rings. The van der Waals surface area contributed by atoms with Crippen LogP contribution in [-0.4, -0.2) is 10.8 Å². The van der Waals surface area contributed by atoms with Gasteiger partial charge in [0.25, 0.3) is 11.6 Å². The van der Waals surface area contributed by atoms with Crippen LogP contribution in [0, 0.1) is 10.1 Å². The van der Waals surface area contributed by atoms with E-state index in [-0.39, 0.29) is 11.6 Å². The Labute approximate surface area is 149 Å². The minimum atomic E-state index is -0.413. The Kier molecular flexibility index (Phi) is 3.82. The lowest BCUT2D eigenvalue weighted by Crippen LogP contribution is -2.17. The zero-order valence-corrected chi connectivity index (χ0v) is 13.7. The van der Waals surface area contributed by atoms with Crippen LogP contribution < -0.4 is 5.32 Å². The lowest BCUT2D eigenvalue weighted by Gasteiger charge is -2.05. The molecule has 0 saturated carbocycles. The molecule has 0 fully saturated rings. The highest BCUT2D eigenvalue weighted by molar-refractivity contribution is 6.03. The van der Waals surface area contributed by atoms with Crippen molar-refractivity contribution in [2.24, 2.45) is 0 Å². The zero-order chi connectivity index (χ0) is 18.1. The Morgan fingerprint density at radius 2 is 1.50 bits per heavy atom. The van der Waals surface area contributed by atoms with Crippen molar-refractivity contribution in [3.63, 3.8) is 0 Å². The molecule has 1 aliphatic carbocycles. The van der Waals surface area contributed by atoms with Crippen molar-refractivity contribution in [1.82, 2.24) is 5.32 Å². The summed E-state index contributed by atoms with van der Waals surface area (Å²) in [6, 6.07) is 21.5. The third kappa shape index (κ3) is 2.65. The van der Waals surface area contributed by atoms with Crippen LogP contribution in [0.2, 0.25) is 0 Å². The molecule has 0 saturated heterocycles. The second-order valence-corrected chi connectivity index (χ2v) is 5.93. The first-order valence-electron chi connectivity index (χ1n) is 8.10. The number of nitrogens with one attached hydrogen (secondary N) is 1. The van der Waals surface area contributed by atoms with Crippen LogP contribution in [0.1, 0.15) is 21.5 Å². The standard InChI is InChI=1S/C21H14N2O3/c24-21(14-6-2-1-3-7-14)22-13-20-17-9-5-4-8-16(17)18-11-10-15(23(25)26)12-19(18)20/h1-13H,(H,22,24). The number of carbonyl (C=O) groups excluding carboxylic acids is 1. The van der Waals surface area contributed by atoms with Gasteiger partial charge in [-0.2, -0.15) is 0 Å². The predicted octanol–water partition coefficient (Wildman–Crippen LogP) is 4.39. The summed E-state index contributed by atoms with van der Waals surface area (Å²) in [7, 11) is 0. The Hall–Kier alpha value is -3.73. The van der Waals surface area contributed by atoms with Crippen molar-refractivity contribution in [2.45, 2.75) is 0 Å². The predicted molar refractivity (Wildman–Crippen MR) is 99.5 cm³/mol. The molecule has 5 nitrogen and oxygen atoms in total. The van der Waals surface area contributed by atoms with Gasteiger partial charge in [-0.25, -0.2) is 0 Å². The summed E-state index contributed by atoms with van der Waals surface area (Å²) < 4.78 is 0. The topological polar surface area (TPSA) is 72.2 Å². The first kappa shape index (κ1) is 15.8. The number of carbonyl (C=O) groups is 1. The van der Waals surface area contributed by atoms with Crippen LogP contribution in [-0.2, 0) is 0 Å². The van der Waals surface area contributed by atoms with Crippen LogP contribution >= 0.6 is 0 Å². The van der Waals surface area contributed by atoms with Gasteiger partial charge in [0, 0.05) is 29.5 Å². The molecule has 0 radical (unpaired) electrons. The van der Waals surface area contributed by atoms with Crippen LogP contribution in [0.15, 0.2) is 79.0 Å². The smallest absolute Gasteiger partial charge is 0.270 e. The number of nitro benzene ring substituents is 1. The largest absolute Gasteiger partial charge is 0.328 e. The second kappa shape index (κ2) is 6.29. The fourth-order valence-electron chi connectivity index (χ4n) is 3.17. The third-order valence-electron chi connectivity index (χ3n) is 4.40. The first-order valence-corrected chi connectivity index (χ1v) is 8.10. The van der Waals surface area contributed by atoms with E-state index in [0.717, 1.165) is 27.8 Å². The van der Waals surface area contributed by atoms with Crippen molar-refractivity contribution in [3.05, 3.63) is 106 Å². The van der Waals surface area contributed by atoms with Gasteiger partial charge < -0.3 is 5.32 Å². The monoisotopic (exact) mass is 342 g/mol. The van der Waals surface area contributed by atoms with Crippen LogP contribution in [0.3, 0.4) is 0 Å². The number of rotatable bonds is 3. The molecule has 26 heavy (non-hydrogen) atoms. The summed E-state index contributed by atoms with van der Waals surface area (Å²) in [5.74, 6) is -0.227. The molecule has 4 rings (SSSR count). The highest BCUT2D eigenvalue weighted by Gasteiger charge is 2.25. The maximum atomic E-state index is 12.3. The number of benzene rings is 3. The summed E-state index contributed by atoms with van der Waals surface area (Å²) in [6.07, 6.45) is 1.63. The molecule has 1 N–H and O–H groups in total. The fraction of sp³-hybridized carbons (Fsp3) is 0. The van der Waals surface area contributed by atoms with Gasteiger partial charge in [-0.3, -0.25) is 14.9 Å². The molecule has 126 valence electrons. The highest BCUT2D eigenvalue weighted by atomic mass is 16.6. The molecule has 0 bridgehead atoms. The normalized spacial score (nSPS) is 13.2. The van der Waals surface area contributed by atoms with E-state index in [1.54, 1.807) is 42.6 Å². The lowest BCUT2D eigenvalue weighted by molar-refractivity contribution is -0.384. The number of nitrogens with zero attached hydrogens (tertiary/aromatic N) is 1. The van der Waals surface area contributed by atoms with Crippen LogP contribution in [0.25, 0.3) is 16.7 Å². The average Bonchev–Trinajstić information content (AvgIpc) is 3.00. The highest BCUT2D eigenvalue weighted by Crippen LogP contribution is 2.44. The average molecular weight is 342 g/mol. The van der Waals surface area contributed by atoms with Crippen molar-refractivity contribution in [2.75, 3.05) is 0 Å². The minimum Gasteiger partial charge on any atom is -0.328 e. The molecule has 3 aromatic carbocycles. The number of fused-ring (bicyclic) bond motifs is 3. The van der Waals surface area contributed by atoms with Crippen molar-refractivity contribution in [1.29, 1.82) is 0 Å². The molecule has 5 heteroatoms. The SMILES string of the molecule is O=C(NC=C1c2ccccc2-c2ccc([N+](=O)[O-])cc21)c1ccccc1. The molecule has 0 atom stereocenters. The van der Waals surface area contributed by atoms with E-state index >= 15 is 0 Å². The Balaban J connectivity index is 1.77. The third-order valence-corrected chi connectivity index (χ3v) is 4.40. The number of non-ortho nitro benzene ring substituents is 1. The summed E-state index contributed by atoms with van der Waals surface area (Å²) >= 11 is 0. The van der Waals surface area contributed by atoms with Crippen molar-refractivity contribution >= 4 is 17.2 Å². The summed E-state index contributed by atoms with van der Waals surface area (Å²) in [4.78, 5) is 23.1. The number of nitro groups is 1. The molecular weight excluding hydrogens is 328 g/mol. The molecule has 1 amide bonds. The number of hydrogen-bond acceptors (Lipinski definition) is 3. The van der Waals surface area contributed by atoms with Gasteiger partial charge in [0.05, 0.1) is 4.92 Å². The Morgan fingerprint density at radius 1 is 0.846 bits per heavy atom. The summed E-state index contributed by atoms with van der Waals surface area (Å²) in [5, 5.41) is 13.9. The zero-order valence-electron chi connectivity index (χ0n) is 13.7. The van der Waals surface area contributed by atoms with Crippen molar-refractivity contribution in [3.8, 4) is 11.1 Å². The Bertz CT molecular complexity index is 1060. The van der Waals surface area contributed by atoms with Crippen LogP contribution in [0.5, 0.6) is 0 Å². The summed E-state index contributed by atoms with van der Waals surface area (Å²) in [6.45, 7) is 0. The fourth-order valence-corrected chi connectivity index (χ4v) is 3.17. The number of hydrogen-bond donors (Lipinski definition) is 1. The summed E-state index contributed by atoms with van der Waals surface area (Å²) in [5.41, 5.74) is 4.95. The maximum absolute atomic E-state index is 12.3. The van der Waals surface area contributed by atoms with Crippen molar-refractivity contribution < 1.29 is 9.72 Å². The van der Waals surface area contributed by atoms with Crippen LogP contribution in [0.4, 0.5) is 5.69 Å². The van der Waals surface area contributed by atoms with Gasteiger partial charge in [-0.15, -0.1) is 0 Å². The molecule has 0 heterocycles. The molecular formula is C21H14N2O3. The van der Waals surface area contributed by atoms with E-state index in [0.29, 0.717) is 5.56 Å². The van der Waals surface area contributed by atoms with Gasteiger partial charge in [0.2, 0.25) is 0 Å². The molecule has 0 aromatic heterocycles. The van der Waals surface area contributed by atoms with Gasteiger partial charge in [0.1, 0.15) is 0 Å². The molecule has 0 aliphatic heterocycles. The van der Waals surface area contributed by atoms with E-state index in [1.807, 2.05) is 30.3 Å². The van der Waals surface area contributed by atoms with E-state index in [1.165, 1.54) is 6.07 Å². The quantitative estimate of drug-likeness (QED) is 0.443. The van der Waals surface area contributed by atoms with Gasteiger partial charge >= 0.3 is 0 Å². The van der Waals surface area contributed by atoms with Gasteiger partial charge in [0.15, 0.2) is 0 Å².